The average Bonchev–Trinajstić information content (AvgIpc) is 2.40. The second kappa shape index (κ2) is 10.7. The van der Waals surface area contributed by atoms with Crippen molar-refractivity contribution in [1.29, 1.82) is 0 Å². The van der Waals surface area contributed by atoms with Gasteiger partial charge in [0.15, 0.2) is 0 Å². The molecule has 0 saturated carbocycles. The molecule has 0 unspecified atom stereocenters. The van der Waals surface area contributed by atoms with Gasteiger partial charge in [-0.05, 0) is 52.2 Å². The van der Waals surface area contributed by atoms with E-state index in [9.17, 15) is 4.79 Å². The first kappa shape index (κ1) is 23.3. The molecule has 0 aliphatic heterocycles. The van der Waals surface area contributed by atoms with Crippen LogP contribution in [0.5, 0.6) is 5.75 Å². The number of ether oxygens (including phenoxy) is 1. The lowest BCUT2D eigenvalue weighted by Gasteiger charge is -2.21. The Morgan fingerprint density at radius 2 is 1.77 bits per heavy atom. The zero-order chi connectivity index (χ0) is 15.2. The minimum absolute atomic E-state index is 0. The lowest BCUT2D eigenvalue weighted by molar-refractivity contribution is -0.123. The number of amides is 1. The highest BCUT2D eigenvalue weighted by atomic mass is 35.5. The van der Waals surface area contributed by atoms with Crippen molar-refractivity contribution in [3.05, 3.63) is 24.3 Å². The van der Waals surface area contributed by atoms with Crippen LogP contribution in [0, 0.1) is 5.41 Å². The lowest BCUT2D eigenvalue weighted by atomic mass is 9.92. The van der Waals surface area contributed by atoms with Crippen molar-refractivity contribution in [2.24, 2.45) is 11.1 Å². The monoisotopic (exact) mass is 351 g/mol. The fourth-order valence-electron chi connectivity index (χ4n) is 1.37. The van der Waals surface area contributed by atoms with Gasteiger partial charge in [-0.3, -0.25) is 4.79 Å². The van der Waals surface area contributed by atoms with Crippen molar-refractivity contribution < 1.29 is 9.53 Å². The van der Waals surface area contributed by atoms with Gasteiger partial charge in [0.1, 0.15) is 12.4 Å². The zero-order valence-corrected chi connectivity index (χ0v) is 15.2. The third-order valence-corrected chi connectivity index (χ3v) is 3.04. The number of hydrogen-bond donors (Lipinski definition) is 2. The number of nitrogens with one attached hydrogen (secondary N) is 1. The van der Waals surface area contributed by atoms with Gasteiger partial charge in [-0.25, -0.2) is 0 Å². The fraction of sp³-hybridized carbons (Fsp3) is 0.533. The summed E-state index contributed by atoms with van der Waals surface area (Å²) in [6, 6.07) is 7.35. The Bertz CT molecular complexity index is 437. The number of carbonyl (C=O) groups excluding carboxylic acids is 1. The molecular weight excluding hydrogens is 325 g/mol. The van der Waals surface area contributed by atoms with Gasteiger partial charge < -0.3 is 20.7 Å². The van der Waals surface area contributed by atoms with E-state index in [-0.39, 0.29) is 30.7 Å². The van der Waals surface area contributed by atoms with Gasteiger partial charge in [-0.1, -0.05) is 0 Å². The van der Waals surface area contributed by atoms with Crippen molar-refractivity contribution >= 4 is 36.4 Å². The Balaban J connectivity index is 0. The molecule has 5 nitrogen and oxygen atoms in total. The second-order valence-electron chi connectivity index (χ2n) is 5.72. The van der Waals surface area contributed by atoms with E-state index in [4.69, 9.17) is 10.5 Å². The SMILES string of the molecule is CN(C)CCOc1ccc(NC(=O)C(C)(C)CN)cc1.Cl.Cl. The van der Waals surface area contributed by atoms with Crippen LogP contribution in [0.4, 0.5) is 5.69 Å². The van der Waals surface area contributed by atoms with Crippen molar-refractivity contribution in [3.63, 3.8) is 0 Å². The quantitative estimate of drug-likeness (QED) is 0.791. The predicted octanol–water partition coefficient (Wildman–Crippen LogP) is 2.39. The van der Waals surface area contributed by atoms with E-state index in [2.05, 4.69) is 10.2 Å². The zero-order valence-electron chi connectivity index (χ0n) is 13.6. The smallest absolute Gasteiger partial charge is 0.231 e. The molecule has 0 aliphatic carbocycles. The van der Waals surface area contributed by atoms with E-state index in [1.165, 1.54) is 0 Å². The van der Waals surface area contributed by atoms with Crippen molar-refractivity contribution in [3.8, 4) is 5.75 Å². The summed E-state index contributed by atoms with van der Waals surface area (Å²) in [5.74, 6) is 0.712. The Morgan fingerprint density at radius 1 is 1.23 bits per heavy atom. The Hall–Kier alpha value is -1.01. The molecule has 0 spiro atoms. The maximum Gasteiger partial charge on any atom is 0.231 e. The normalized spacial score (nSPS) is 10.5. The summed E-state index contributed by atoms with van der Waals surface area (Å²) in [7, 11) is 4.00. The standard InChI is InChI=1S/C15H25N3O2.2ClH/c1-15(2,11-16)14(19)17-12-5-7-13(8-6-12)20-10-9-18(3)4;;/h5-8H,9-11,16H2,1-4H3,(H,17,19);2*1H. The second-order valence-corrected chi connectivity index (χ2v) is 5.72. The third kappa shape index (κ3) is 7.84. The van der Waals surface area contributed by atoms with Crippen molar-refractivity contribution in [1.82, 2.24) is 4.90 Å². The maximum atomic E-state index is 12.0. The Morgan fingerprint density at radius 3 is 2.23 bits per heavy atom. The summed E-state index contributed by atoms with van der Waals surface area (Å²) in [4.78, 5) is 14.0. The number of anilines is 1. The Labute approximate surface area is 145 Å². The molecule has 7 heteroatoms. The third-order valence-electron chi connectivity index (χ3n) is 3.04. The molecule has 0 aromatic heterocycles. The van der Waals surface area contributed by atoms with E-state index in [0.717, 1.165) is 18.0 Å². The fourth-order valence-corrected chi connectivity index (χ4v) is 1.37. The van der Waals surface area contributed by atoms with Gasteiger partial charge in [0.05, 0.1) is 5.41 Å². The van der Waals surface area contributed by atoms with E-state index in [0.29, 0.717) is 13.2 Å². The van der Waals surface area contributed by atoms with E-state index in [1.54, 1.807) is 0 Å². The van der Waals surface area contributed by atoms with E-state index >= 15 is 0 Å². The van der Waals surface area contributed by atoms with Gasteiger partial charge in [0.2, 0.25) is 5.91 Å². The number of likely N-dealkylation sites (N-methyl/N-ethyl adjacent to an activating group) is 1. The molecule has 0 atom stereocenters. The summed E-state index contributed by atoms with van der Waals surface area (Å²) < 4.78 is 5.59. The highest BCUT2D eigenvalue weighted by Gasteiger charge is 2.25. The van der Waals surface area contributed by atoms with Gasteiger partial charge >= 0.3 is 0 Å². The van der Waals surface area contributed by atoms with Crippen LogP contribution in [0.3, 0.4) is 0 Å². The molecule has 0 bridgehead atoms. The summed E-state index contributed by atoms with van der Waals surface area (Å²) in [6.45, 7) is 5.45. The summed E-state index contributed by atoms with van der Waals surface area (Å²) in [6.07, 6.45) is 0. The van der Waals surface area contributed by atoms with Crippen LogP contribution in [0.2, 0.25) is 0 Å². The predicted molar refractivity (Wildman–Crippen MR) is 96.5 cm³/mol. The topological polar surface area (TPSA) is 67.6 Å². The number of nitrogens with two attached hydrogens (primary N) is 1. The molecule has 1 amide bonds. The highest BCUT2D eigenvalue weighted by Crippen LogP contribution is 2.19. The Kier molecular flexibility index (Phi) is 11.3. The minimum Gasteiger partial charge on any atom is -0.492 e. The molecule has 0 radical (unpaired) electrons. The highest BCUT2D eigenvalue weighted by molar-refractivity contribution is 5.95. The minimum atomic E-state index is -0.569. The number of nitrogens with zero attached hydrogens (tertiary/aromatic N) is 1. The summed E-state index contributed by atoms with van der Waals surface area (Å²) >= 11 is 0. The van der Waals surface area contributed by atoms with Gasteiger partial charge in [0, 0.05) is 18.8 Å². The lowest BCUT2D eigenvalue weighted by Crippen LogP contribution is -2.37. The summed E-state index contributed by atoms with van der Waals surface area (Å²) in [5, 5.41) is 2.85. The van der Waals surface area contributed by atoms with Crippen LogP contribution in [0.25, 0.3) is 0 Å². The number of rotatable bonds is 7. The van der Waals surface area contributed by atoms with Crippen LogP contribution in [-0.4, -0.2) is 44.6 Å². The largest absolute Gasteiger partial charge is 0.492 e. The van der Waals surface area contributed by atoms with Crippen LogP contribution in [0.15, 0.2) is 24.3 Å². The van der Waals surface area contributed by atoms with Crippen molar-refractivity contribution in [2.45, 2.75) is 13.8 Å². The molecule has 0 fully saturated rings. The van der Waals surface area contributed by atoms with Gasteiger partial charge in [-0.2, -0.15) is 0 Å². The number of hydrogen-bond acceptors (Lipinski definition) is 4. The number of halogens is 2. The van der Waals surface area contributed by atoms with Gasteiger partial charge in [0.25, 0.3) is 0 Å². The molecule has 1 rings (SSSR count). The molecule has 128 valence electrons. The molecule has 1 aromatic carbocycles. The first-order valence-corrected chi connectivity index (χ1v) is 6.74. The average molecular weight is 352 g/mol. The molecule has 3 N–H and O–H groups in total. The van der Waals surface area contributed by atoms with Gasteiger partial charge in [-0.15, -0.1) is 24.8 Å². The van der Waals surface area contributed by atoms with Crippen LogP contribution >= 0.6 is 24.8 Å². The molecule has 1 aromatic rings. The maximum absolute atomic E-state index is 12.0. The number of benzene rings is 1. The van der Waals surface area contributed by atoms with E-state index < -0.39 is 5.41 Å². The molecular formula is C15H27Cl2N3O2. The van der Waals surface area contributed by atoms with Crippen molar-refractivity contribution in [2.75, 3.05) is 39.1 Å². The molecule has 22 heavy (non-hydrogen) atoms. The number of carbonyl (C=O) groups is 1. The van der Waals surface area contributed by atoms with E-state index in [1.807, 2.05) is 52.2 Å². The molecule has 0 aliphatic rings. The molecule has 0 heterocycles. The molecule has 0 saturated heterocycles. The first-order chi connectivity index (χ1) is 9.35. The van der Waals surface area contributed by atoms with Crippen LogP contribution in [-0.2, 0) is 4.79 Å². The van der Waals surface area contributed by atoms with Crippen LogP contribution < -0.4 is 15.8 Å². The van der Waals surface area contributed by atoms with Crippen LogP contribution in [0.1, 0.15) is 13.8 Å². The summed E-state index contributed by atoms with van der Waals surface area (Å²) in [5.41, 5.74) is 5.76. The first-order valence-electron chi connectivity index (χ1n) is 6.74.